The quantitative estimate of drug-likeness (QED) is 0.831. The second kappa shape index (κ2) is 4.82. The number of fused-ring (bicyclic) bond motifs is 1. The number of amides is 1. The summed E-state index contributed by atoms with van der Waals surface area (Å²) in [6.45, 7) is 1.96. The second-order valence-corrected chi connectivity index (χ2v) is 4.92. The largest absolute Gasteiger partial charge is 0.312 e. The van der Waals surface area contributed by atoms with Crippen LogP contribution < -0.4 is 0 Å². The number of carbonyl (C=O) groups is 1. The van der Waals surface area contributed by atoms with Gasteiger partial charge in [0.25, 0.3) is 5.91 Å². The van der Waals surface area contributed by atoms with Crippen molar-refractivity contribution in [2.75, 3.05) is 0 Å². The minimum Gasteiger partial charge on any atom is -0.312 e. The minimum absolute atomic E-state index is 0.0662. The van der Waals surface area contributed by atoms with E-state index in [1.165, 1.54) is 0 Å². The fraction of sp³-hybridized carbons (Fsp3) is 0.176. The molecule has 0 saturated heterocycles. The summed E-state index contributed by atoms with van der Waals surface area (Å²) in [5.41, 5.74) is 2.48. The van der Waals surface area contributed by atoms with Crippen LogP contribution in [0, 0.1) is 11.3 Å². The maximum Gasteiger partial charge on any atom is 0.256 e. The zero-order chi connectivity index (χ0) is 14.1. The molecule has 3 rings (SSSR count). The molecule has 2 aromatic carbocycles. The Labute approximate surface area is 118 Å². The summed E-state index contributed by atoms with van der Waals surface area (Å²) in [7, 11) is 0. The minimum atomic E-state index is -0.506. The highest BCUT2D eigenvalue weighted by atomic mass is 16.2. The van der Waals surface area contributed by atoms with E-state index in [0.29, 0.717) is 5.56 Å². The summed E-state index contributed by atoms with van der Waals surface area (Å²) >= 11 is 0. The van der Waals surface area contributed by atoms with Gasteiger partial charge in [0, 0.05) is 11.1 Å². The molecule has 1 amide bonds. The van der Waals surface area contributed by atoms with Crippen molar-refractivity contribution < 1.29 is 4.79 Å². The Hall–Kier alpha value is -2.60. The third-order valence-corrected chi connectivity index (χ3v) is 3.82. The van der Waals surface area contributed by atoms with Crippen LogP contribution in [0.4, 0.5) is 0 Å². The molecule has 0 aromatic heterocycles. The average molecular weight is 262 g/mol. The van der Waals surface area contributed by atoms with Crippen molar-refractivity contribution in [3.05, 3.63) is 71.3 Å². The van der Waals surface area contributed by atoms with Crippen molar-refractivity contribution in [1.82, 2.24) is 4.90 Å². The van der Waals surface area contributed by atoms with Crippen LogP contribution in [0.1, 0.15) is 40.5 Å². The highest BCUT2D eigenvalue weighted by Crippen LogP contribution is 2.39. The summed E-state index contributed by atoms with van der Waals surface area (Å²) in [6, 6.07) is 18.8. The first-order valence-electron chi connectivity index (χ1n) is 6.60. The van der Waals surface area contributed by atoms with Crippen LogP contribution >= 0.6 is 0 Å². The highest BCUT2D eigenvalue weighted by Gasteiger charge is 2.39. The maximum atomic E-state index is 12.6. The maximum absolute atomic E-state index is 12.6. The first-order valence-corrected chi connectivity index (χ1v) is 6.60. The SMILES string of the molecule is CC(c1ccccc1)N1C(=O)c2ccccc2C1C#N. The van der Waals surface area contributed by atoms with Crippen molar-refractivity contribution in [3.63, 3.8) is 0 Å². The molecule has 1 aliphatic rings. The second-order valence-electron chi connectivity index (χ2n) is 4.92. The Balaban J connectivity index is 2.04. The van der Waals surface area contributed by atoms with Gasteiger partial charge in [-0.15, -0.1) is 0 Å². The van der Waals surface area contributed by atoms with Gasteiger partial charge in [0.1, 0.15) is 6.04 Å². The van der Waals surface area contributed by atoms with E-state index in [4.69, 9.17) is 0 Å². The molecule has 20 heavy (non-hydrogen) atoms. The molecule has 0 spiro atoms. The lowest BCUT2D eigenvalue weighted by molar-refractivity contribution is 0.0687. The van der Waals surface area contributed by atoms with E-state index in [-0.39, 0.29) is 11.9 Å². The molecule has 0 N–H and O–H groups in total. The van der Waals surface area contributed by atoms with Crippen molar-refractivity contribution >= 4 is 5.91 Å². The average Bonchev–Trinajstić information content (AvgIpc) is 2.80. The molecule has 3 nitrogen and oxygen atoms in total. The number of rotatable bonds is 2. The molecule has 3 heteroatoms. The smallest absolute Gasteiger partial charge is 0.256 e. The topological polar surface area (TPSA) is 44.1 Å². The Bertz CT molecular complexity index is 688. The Morgan fingerprint density at radius 1 is 1.10 bits per heavy atom. The molecular weight excluding hydrogens is 248 g/mol. The van der Waals surface area contributed by atoms with E-state index in [2.05, 4.69) is 6.07 Å². The number of hydrogen-bond acceptors (Lipinski definition) is 2. The van der Waals surface area contributed by atoms with Gasteiger partial charge in [-0.2, -0.15) is 5.26 Å². The molecule has 2 unspecified atom stereocenters. The van der Waals surface area contributed by atoms with E-state index >= 15 is 0 Å². The number of carbonyl (C=O) groups excluding carboxylic acids is 1. The Morgan fingerprint density at radius 3 is 2.45 bits per heavy atom. The van der Waals surface area contributed by atoms with Gasteiger partial charge in [-0.3, -0.25) is 4.79 Å². The molecule has 0 bridgehead atoms. The fourth-order valence-electron chi connectivity index (χ4n) is 2.76. The van der Waals surface area contributed by atoms with Crippen molar-refractivity contribution in [2.45, 2.75) is 19.0 Å². The zero-order valence-corrected chi connectivity index (χ0v) is 11.2. The van der Waals surface area contributed by atoms with Crippen LogP contribution in [0.3, 0.4) is 0 Å². The van der Waals surface area contributed by atoms with E-state index < -0.39 is 6.04 Å². The predicted octanol–water partition coefficient (Wildman–Crippen LogP) is 3.47. The monoisotopic (exact) mass is 262 g/mol. The fourth-order valence-corrected chi connectivity index (χ4v) is 2.76. The molecule has 0 aliphatic carbocycles. The number of benzene rings is 2. The molecule has 0 saturated carbocycles. The third-order valence-electron chi connectivity index (χ3n) is 3.82. The van der Waals surface area contributed by atoms with Gasteiger partial charge in [0.2, 0.25) is 0 Å². The summed E-state index contributed by atoms with van der Waals surface area (Å²) < 4.78 is 0. The van der Waals surface area contributed by atoms with E-state index in [9.17, 15) is 10.1 Å². The Kier molecular flexibility index (Phi) is 3.00. The molecule has 0 fully saturated rings. The van der Waals surface area contributed by atoms with Crippen molar-refractivity contribution in [2.24, 2.45) is 0 Å². The first-order chi connectivity index (χ1) is 9.74. The molecule has 2 aromatic rings. The highest BCUT2D eigenvalue weighted by molar-refractivity contribution is 5.99. The summed E-state index contributed by atoms with van der Waals surface area (Å²) in [6.07, 6.45) is 0. The van der Waals surface area contributed by atoms with Crippen LogP contribution in [0.15, 0.2) is 54.6 Å². The normalized spacial score (nSPS) is 18.5. The van der Waals surface area contributed by atoms with E-state index in [0.717, 1.165) is 11.1 Å². The van der Waals surface area contributed by atoms with E-state index in [1.54, 1.807) is 11.0 Å². The van der Waals surface area contributed by atoms with Gasteiger partial charge in [-0.05, 0) is 18.6 Å². The van der Waals surface area contributed by atoms with Crippen LogP contribution in [-0.2, 0) is 0 Å². The molecular formula is C17H14N2O. The zero-order valence-electron chi connectivity index (χ0n) is 11.2. The number of nitriles is 1. The number of nitrogens with zero attached hydrogens (tertiary/aromatic N) is 2. The lowest BCUT2D eigenvalue weighted by Crippen LogP contribution is -2.30. The van der Waals surface area contributed by atoms with Gasteiger partial charge in [-0.1, -0.05) is 48.5 Å². The predicted molar refractivity (Wildman–Crippen MR) is 75.8 cm³/mol. The van der Waals surface area contributed by atoms with E-state index in [1.807, 2.05) is 55.5 Å². The van der Waals surface area contributed by atoms with Gasteiger partial charge in [0.05, 0.1) is 12.1 Å². The third kappa shape index (κ3) is 1.78. The first kappa shape index (κ1) is 12.4. The van der Waals surface area contributed by atoms with Crippen molar-refractivity contribution in [3.8, 4) is 6.07 Å². The molecule has 1 heterocycles. The summed E-state index contributed by atoms with van der Waals surface area (Å²) in [4.78, 5) is 14.2. The van der Waals surface area contributed by atoms with Crippen LogP contribution in [0.5, 0.6) is 0 Å². The summed E-state index contributed by atoms with van der Waals surface area (Å²) in [5, 5.41) is 9.45. The van der Waals surface area contributed by atoms with Crippen molar-refractivity contribution in [1.29, 1.82) is 5.26 Å². The molecule has 98 valence electrons. The summed E-state index contributed by atoms with van der Waals surface area (Å²) in [5.74, 6) is -0.0662. The van der Waals surface area contributed by atoms with Gasteiger partial charge >= 0.3 is 0 Å². The standard InChI is InChI=1S/C17H14N2O/c1-12(13-7-3-2-4-8-13)19-16(11-18)14-9-5-6-10-15(14)17(19)20/h2-10,12,16H,1H3. The van der Waals surface area contributed by atoms with Crippen LogP contribution in [0.25, 0.3) is 0 Å². The number of hydrogen-bond donors (Lipinski definition) is 0. The molecule has 2 atom stereocenters. The molecule has 1 aliphatic heterocycles. The van der Waals surface area contributed by atoms with Crippen LogP contribution in [0.2, 0.25) is 0 Å². The van der Waals surface area contributed by atoms with Crippen LogP contribution in [-0.4, -0.2) is 10.8 Å². The van der Waals surface area contributed by atoms with Gasteiger partial charge < -0.3 is 4.90 Å². The Morgan fingerprint density at radius 2 is 1.75 bits per heavy atom. The van der Waals surface area contributed by atoms with Gasteiger partial charge in [-0.25, -0.2) is 0 Å². The molecule has 0 radical (unpaired) electrons. The lowest BCUT2D eigenvalue weighted by Gasteiger charge is -2.27. The lowest BCUT2D eigenvalue weighted by atomic mass is 10.0. The van der Waals surface area contributed by atoms with Gasteiger partial charge in [0.15, 0.2) is 0 Å².